The summed E-state index contributed by atoms with van der Waals surface area (Å²) in [7, 11) is -3.61. The lowest BCUT2D eigenvalue weighted by Gasteiger charge is -2.23. The highest BCUT2D eigenvalue weighted by Crippen LogP contribution is 2.07. The van der Waals surface area contributed by atoms with Crippen LogP contribution in [-0.2, 0) is 19.6 Å². The number of aliphatic hydroxyl groups is 1. The molecular formula is C11H22N2O6S. The normalized spacial score (nSPS) is 16.5. The second kappa shape index (κ2) is 7.55. The smallest absolute Gasteiger partial charge is 0.328 e. The van der Waals surface area contributed by atoms with Crippen molar-refractivity contribution in [1.82, 2.24) is 10.0 Å². The molecule has 0 heterocycles. The highest BCUT2D eigenvalue weighted by Gasteiger charge is 2.30. The van der Waals surface area contributed by atoms with E-state index in [2.05, 4.69) is 10.0 Å². The molecule has 0 aromatic rings. The number of rotatable bonds is 8. The van der Waals surface area contributed by atoms with Crippen LogP contribution in [0.5, 0.6) is 0 Å². The molecule has 0 saturated carbocycles. The number of carboxylic acid groups (broad SMARTS) is 1. The summed E-state index contributed by atoms with van der Waals surface area (Å²) in [6.07, 6.45) is -0.170. The quantitative estimate of drug-likeness (QED) is 0.450. The number of carboxylic acids is 1. The molecule has 4 N–H and O–H groups in total. The first-order chi connectivity index (χ1) is 8.94. The Morgan fingerprint density at radius 1 is 1.20 bits per heavy atom. The lowest BCUT2D eigenvalue weighted by Crippen LogP contribution is -2.54. The number of carbonyl (C=O) groups excluding carboxylic acids is 1. The predicted molar refractivity (Wildman–Crippen MR) is 72.5 cm³/mol. The zero-order chi connectivity index (χ0) is 16.1. The first-order valence-corrected chi connectivity index (χ1v) is 8.01. The van der Waals surface area contributed by atoms with Crippen LogP contribution in [0.1, 0.15) is 27.2 Å². The second-order valence-electron chi connectivity index (χ2n) is 5.14. The van der Waals surface area contributed by atoms with Gasteiger partial charge in [0, 0.05) is 0 Å². The van der Waals surface area contributed by atoms with Crippen LogP contribution >= 0.6 is 0 Å². The van der Waals surface area contributed by atoms with Crippen LogP contribution in [-0.4, -0.2) is 55.0 Å². The Morgan fingerprint density at radius 2 is 1.70 bits per heavy atom. The van der Waals surface area contributed by atoms with Gasteiger partial charge in [-0.05, 0) is 19.3 Å². The summed E-state index contributed by atoms with van der Waals surface area (Å²) in [4.78, 5) is 22.9. The zero-order valence-corrected chi connectivity index (χ0v) is 12.8. The van der Waals surface area contributed by atoms with E-state index in [9.17, 15) is 23.1 Å². The van der Waals surface area contributed by atoms with Gasteiger partial charge in [0.2, 0.25) is 15.9 Å². The zero-order valence-electron chi connectivity index (χ0n) is 12.0. The van der Waals surface area contributed by atoms with Gasteiger partial charge >= 0.3 is 5.97 Å². The molecule has 0 bridgehead atoms. The van der Waals surface area contributed by atoms with Gasteiger partial charge in [-0.1, -0.05) is 13.8 Å². The number of carbonyl (C=O) groups is 2. The standard InChI is InChI=1S/C11H22N2O6S/c1-6(2)5-8(13-20(4,18)19)10(15)12-9(7(3)14)11(16)17/h6-9,13-14H,5H2,1-4H3,(H,12,15)(H,16,17)/t7-,8?,9+/m1/s1. The number of hydrogen-bond acceptors (Lipinski definition) is 5. The maximum Gasteiger partial charge on any atom is 0.328 e. The molecule has 0 saturated heterocycles. The largest absolute Gasteiger partial charge is 0.480 e. The Kier molecular flexibility index (Phi) is 7.11. The molecule has 0 fully saturated rings. The molecule has 1 amide bonds. The monoisotopic (exact) mass is 310 g/mol. The van der Waals surface area contributed by atoms with Crippen LogP contribution in [0, 0.1) is 5.92 Å². The van der Waals surface area contributed by atoms with E-state index in [4.69, 9.17) is 5.11 Å². The fraction of sp³-hybridized carbons (Fsp3) is 0.818. The first-order valence-electron chi connectivity index (χ1n) is 6.12. The minimum absolute atomic E-state index is 0.0230. The van der Waals surface area contributed by atoms with Gasteiger partial charge in [0.1, 0.15) is 6.04 Å². The molecule has 0 radical (unpaired) electrons. The van der Waals surface area contributed by atoms with Gasteiger partial charge in [0.15, 0.2) is 6.04 Å². The van der Waals surface area contributed by atoms with Crippen molar-refractivity contribution in [1.29, 1.82) is 0 Å². The van der Waals surface area contributed by atoms with Crippen molar-refractivity contribution in [2.24, 2.45) is 5.92 Å². The summed E-state index contributed by atoms with van der Waals surface area (Å²) in [5.41, 5.74) is 0. The molecule has 20 heavy (non-hydrogen) atoms. The third kappa shape index (κ3) is 7.41. The van der Waals surface area contributed by atoms with Crippen molar-refractivity contribution in [2.75, 3.05) is 6.26 Å². The molecule has 0 aromatic heterocycles. The lowest BCUT2D eigenvalue weighted by molar-refractivity contribution is -0.145. The van der Waals surface area contributed by atoms with Crippen LogP contribution in [0.4, 0.5) is 0 Å². The molecule has 1 unspecified atom stereocenters. The van der Waals surface area contributed by atoms with Gasteiger partial charge in [0.25, 0.3) is 0 Å². The van der Waals surface area contributed by atoms with Crippen molar-refractivity contribution in [3.05, 3.63) is 0 Å². The van der Waals surface area contributed by atoms with E-state index in [1.165, 1.54) is 6.92 Å². The van der Waals surface area contributed by atoms with Crippen molar-refractivity contribution in [3.63, 3.8) is 0 Å². The van der Waals surface area contributed by atoms with Crippen LogP contribution in [0.3, 0.4) is 0 Å². The molecule has 0 aliphatic carbocycles. The van der Waals surface area contributed by atoms with Gasteiger partial charge in [0.05, 0.1) is 12.4 Å². The Morgan fingerprint density at radius 3 is 2.00 bits per heavy atom. The Labute approximate surface area is 118 Å². The van der Waals surface area contributed by atoms with Crippen LogP contribution in [0.15, 0.2) is 0 Å². The molecule has 0 aliphatic heterocycles. The van der Waals surface area contributed by atoms with E-state index in [1.807, 2.05) is 0 Å². The SMILES string of the molecule is CC(C)CC(NS(C)(=O)=O)C(=O)N[C@H](C(=O)O)[C@@H](C)O. The van der Waals surface area contributed by atoms with Crippen molar-refractivity contribution >= 4 is 21.9 Å². The number of hydrogen-bond donors (Lipinski definition) is 4. The topological polar surface area (TPSA) is 133 Å². The van der Waals surface area contributed by atoms with Gasteiger partial charge in [-0.2, -0.15) is 0 Å². The van der Waals surface area contributed by atoms with E-state index in [-0.39, 0.29) is 12.3 Å². The van der Waals surface area contributed by atoms with E-state index in [0.29, 0.717) is 0 Å². The van der Waals surface area contributed by atoms with E-state index in [1.54, 1.807) is 13.8 Å². The predicted octanol–water partition coefficient (Wildman–Crippen LogP) is -1.10. The number of amides is 1. The summed E-state index contributed by atoms with van der Waals surface area (Å²) in [5.74, 6) is -2.15. The van der Waals surface area contributed by atoms with E-state index >= 15 is 0 Å². The molecule has 0 aliphatic rings. The average Bonchev–Trinajstić information content (AvgIpc) is 2.20. The Bertz CT molecular complexity index is 446. The first kappa shape index (κ1) is 18.8. The molecule has 8 nitrogen and oxygen atoms in total. The maximum absolute atomic E-state index is 12.0. The molecule has 0 spiro atoms. The number of sulfonamides is 1. The third-order valence-electron chi connectivity index (χ3n) is 2.43. The highest BCUT2D eigenvalue weighted by atomic mass is 32.2. The summed E-state index contributed by atoms with van der Waals surface area (Å²) in [6.45, 7) is 4.82. The Hall–Kier alpha value is -1.19. The maximum atomic E-state index is 12.0. The minimum atomic E-state index is -3.61. The molecule has 0 aromatic carbocycles. The molecule has 0 rings (SSSR count). The summed E-state index contributed by atoms with van der Waals surface area (Å²) in [6, 6.07) is -2.57. The van der Waals surface area contributed by atoms with E-state index in [0.717, 1.165) is 6.26 Å². The minimum Gasteiger partial charge on any atom is -0.480 e. The molecule has 9 heteroatoms. The molecular weight excluding hydrogens is 288 g/mol. The third-order valence-corrected chi connectivity index (χ3v) is 3.14. The van der Waals surface area contributed by atoms with Gasteiger partial charge < -0.3 is 15.5 Å². The van der Waals surface area contributed by atoms with Gasteiger partial charge in [-0.25, -0.2) is 17.9 Å². The average molecular weight is 310 g/mol. The molecule has 3 atom stereocenters. The van der Waals surface area contributed by atoms with Crippen molar-refractivity contribution in [3.8, 4) is 0 Å². The van der Waals surface area contributed by atoms with Crippen LogP contribution in [0.25, 0.3) is 0 Å². The van der Waals surface area contributed by atoms with Crippen LogP contribution in [0.2, 0.25) is 0 Å². The summed E-state index contributed by atoms with van der Waals surface area (Å²) in [5, 5.41) is 20.3. The Balaban J connectivity index is 4.99. The number of nitrogens with one attached hydrogen (secondary N) is 2. The van der Waals surface area contributed by atoms with Gasteiger partial charge in [-0.3, -0.25) is 4.79 Å². The van der Waals surface area contributed by atoms with E-state index < -0.39 is 40.1 Å². The van der Waals surface area contributed by atoms with Crippen molar-refractivity contribution in [2.45, 2.75) is 45.4 Å². The summed E-state index contributed by atoms with van der Waals surface area (Å²) < 4.78 is 24.6. The van der Waals surface area contributed by atoms with Crippen molar-refractivity contribution < 1.29 is 28.2 Å². The second-order valence-corrected chi connectivity index (χ2v) is 6.92. The molecule has 118 valence electrons. The fourth-order valence-electron chi connectivity index (χ4n) is 1.58. The van der Waals surface area contributed by atoms with Crippen LogP contribution < -0.4 is 10.0 Å². The highest BCUT2D eigenvalue weighted by molar-refractivity contribution is 7.88. The summed E-state index contributed by atoms with van der Waals surface area (Å²) >= 11 is 0. The van der Waals surface area contributed by atoms with Gasteiger partial charge in [-0.15, -0.1) is 0 Å². The fourth-order valence-corrected chi connectivity index (χ4v) is 2.30. The number of aliphatic carboxylic acids is 1. The number of aliphatic hydroxyl groups excluding tert-OH is 1. The lowest BCUT2D eigenvalue weighted by atomic mass is 10.0.